The number of nitrogens with zero attached hydrogens (tertiary/aromatic N) is 6. The number of hydrogen-bond acceptors (Lipinski definition) is 19. The van der Waals surface area contributed by atoms with Gasteiger partial charge in [-0.2, -0.15) is 0 Å². The Kier molecular flexibility index (Phi) is 24.7. The zero-order valence-electron chi connectivity index (χ0n) is 56.8. The van der Waals surface area contributed by atoms with Crippen molar-refractivity contribution in [3.63, 3.8) is 0 Å². The number of morpholine rings is 2. The lowest BCUT2D eigenvalue weighted by molar-refractivity contribution is -0.175. The summed E-state index contributed by atoms with van der Waals surface area (Å²) >= 11 is 0. The summed E-state index contributed by atoms with van der Waals surface area (Å²) in [6, 6.07) is 19.5. The van der Waals surface area contributed by atoms with Crippen LogP contribution in [0.3, 0.4) is 0 Å². The molecule has 2 aliphatic heterocycles. The first-order valence-corrected chi connectivity index (χ1v) is 34.0. The Bertz CT molecular complexity index is 3120. The normalized spacial score (nSPS) is 19.0. The molecule has 9 rings (SSSR count). The average molecular weight is 1320 g/mol. The lowest BCUT2D eigenvalue weighted by Gasteiger charge is -2.34. The molecule has 0 bridgehead atoms. The molecule has 2 saturated heterocycles. The number of anilines is 2. The zero-order chi connectivity index (χ0) is 68.1. The van der Waals surface area contributed by atoms with Gasteiger partial charge in [-0.05, 0) is 125 Å². The fourth-order valence-electron chi connectivity index (χ4n) is 12.0. The van der Waals surface area contributed by atoms with E-state index < -0.39 is 108 Å². The Hall–Kier alpha value is -7.79. The second-order valence-corrected chi connectivity index (χ2v) is 27.8. The smallest absolute Gasteiger partial charge is 0.410 e. The molecule has 3 aromatic carbocycles. The topological polar surface area (TPSA) is 247 Å². The SMILES string of the molecule is C[C@@H](OC(=O)[C@H](CC1CC1)N(C)C(=O)[C@@H](Cc1ccc(N2CCOCC2)cc1)OC(=O)[C@H](CC1CC1)N(C)C(=O)[C@@H](C)OC(=O)[C@H](CC1CC1)N(C)C(=O)[C@@H](Cc1ccc(N2CCOCC2)cc1)OC(=O)[C@H](CC1CC1)N(C)C(=O)OC(C)(C)C)C(=O)OCc1ccccc1. The molecule has 23 heteroatoms. The van der Waals surface area contributed by atoms with E-state index >= 15 is 9.59 Å². The number of ether oxygens (including phenoxy) is 8. The highest BCUT2D eigenvalue weighted by molar-refractivity contribution is 5.93. The maximum Gasteiger partial charge on any atom is 0.410 e. The van der Waals surface area contributed by atoms with Gasteiger partial charge in [0.2, 0.25) is 0 Å². The molecule has 0 radical (unpaired) electrons. The molecule has 4 aliphatic carbocycles. The molecule has 6 fully saturated rings. The quantitative estimate of drug-likeness (QED) is 0.0434. The zero-order valence-corrected chi connectivity index (χ0v) is 56.8. The molecule has 0 N–H and O–H groups in total. The van der Waals surface area contributed by atoms with Crippen LogP contribution in [0.5, 0.6) is 0 Å². The van der Waals surface area contributed by atoms with Crippen molar-refractivity contribution in [2.24, 2.45) is 23.7 Å². The maximum absolute atomic E-state index is 15.1. The molecule has 2 heterocycles. The van der Waals surface area contributed by atoms with Gasteiger partial charge in [-0.3, -0.25) is 19.3 Å². The van der Waals surface area contributed by atoms with Crippen LogP contribution >= 0.6 is 0 Å². The lowest BCUT2D eigenvalue weighted by Crippen LogP contribution is -2.53. The van der Waals surface area contributed by atoms with Gasteiger partial charge in [-0.15, -0.1) is 0 Å². The minimum atomic E-state index is -1.51. The van der Waals surface area contributed by atoms with Crippen LogP contribution in [0.4, 0.5) is 16.2 Å². The summed E-state index contributed by atoms with van der Waals surface area (Å²) < 4.78 is 46.5. The van der Waals surface area contributed by atoms with Crippen molar-refractivity contribution in [2.75, 3.05) is 90.6 Å². The van der Waals surface area contributed by atoms with E-state index in [1.807, 2.05) is 66.7 Å². The average Bonchev–Trinajstić information content (AvgIpc) is 1.59. The van der Waals surface area contributed by atoms with Crippen molar-refractivity contribution in [1.29, 1.82) is 0 Å². The van der Waals surface area contributed by atoms with E-state index in [-0.39, 0.29) is 62.4 Å². The number of carbonyl (C=O) groups is 9. The van der Waals surface area contributed by atoms with Gasteiger partial charge in [-0.25, -0.2) is 28.8 Å². The standard InChI is InChI=1S/C72H98N6O17/c1-46(91-67(83)57(39-48-15-16-48)74(7)65(81)62(44-53-25-29-56(30-26-53)78-33-37-89-38-34-78)94-70(86)60(42-51-21-22-51)76(9)71(87)95-72(3,4)5)63(79)73(6)59(41-50-19-20-50)69(85)93-61(43-52-23-27-55(28-24-52)77-31-35-88-36-32-77)64(80)75(8)58(40-49-17-18-49)68(84)92-47(2)66(82)90-45-54-13-11-10-12-14-54/h10-14,23-30,46-51,57-62H,15-22,31-45H2,1-9H3/t46-,47-,57+,58+,59+,60+,61-,62-/m1/s1. The van der Waals surface area contributed by atoms with E-state index in [1.165, 1.54) is 61.6 Å². The Morgan fingerprint density at radius 3 is 1.16 bits per heavy atom. The number of likely N-dealkylation sites (N-methyl/N-ethyl adjacent to an activating group) is 4. The molecular weight excluding hydrogens is 1220 g/mol. The first kappa shape index (κ1) is 71.5. The Balaban J connectivity index is 0.914. The molecule has 6 aliphatic rings. The van der Waals surface area contributed by atoms with E-state index in [4.69, 9.17) is 37.9 Å². The van der Waals surface area contributed by atoms with Gasteiger partial charge in [0, 0.05) is 78.6 Å². The van der Waals surface area contributed by atoms with Gasteiger partial charge >= 0.3 is 35.9 Å². The summed E-state index contributed by atoms with van der Waals surface area (Å²) in [7, 11) is 5.79. The third-order valence-electron chi connectivity index (χ3n) is 18.7. The van der Waals surface area contributed by atoms with Crippen LogP contribution in [0.2, 0.25) is 0 Å². The van der Waals surface area contributed by atoms with E-state index in [1.54, 1.807) is 32.9 Å². The van der Waals surface area contributed by atoms with Gasteiger partial charge in [-0.1, -0.05) is 106 Å². The Labute approximate surface area is 558 Å². The lowest BCUT2D eigenvalue weighted by atomic mass is 10.0. The monoisotopic (exact) mass is 1320 g/mol. The Morgan fingerprint density at radius 1 is 0.442 bits per heavy atom. The molecule has 95 heavy (non-hydrogen) atoms. The molecule has 4 saturated carbocycles. The van der Waals surface area contributed by atoms with Gasteiger partial charge in [0.1, 0.15) is 36.4 Å². The summed E-state index contributed by atoms with van der Waals surface area (Å²) in [5.41, 5.74) is 3.12. The van der Waals surface area contributed by atoms with Crippen LogP contribution in [0.25, 0.3) is 0 Å². The maximum atomic E-state index is 15.1. The molecule has 3 aromatic rings. The summed E-state index contributed by atoms with van der Waals surface area (Å²) in [6.45, 7) is 13.1. The number of benzene rings is 3. The van der Waals surface area contributed by atoms with E-state index in [2.05, 4.69) is 9.80 Å². The molecular formula is C72H98N6O17. The van der Waals surface area contributed by atoms with Gasteiger partial charge in [0.05, 0.1) is 26.4 Å². The number of hydrogen-bond donors (Lipinski definition) is 0. The molecule has 518 valence electrons. The predicted octanol–water partition coefficient (Wildman–Crippen LogP) is 7.49. The van der Waals surface area contributed by atoms with Crippen molar-refractivity contribution < 1.29 is 81.0 Å². The number of esters is 5. The molecule has 0 spiro atoms. The van der Waals surface area contributed by atoms with E-state index in [0.717, 1.165) is 68.3 Å². The summed E-state index contributed by atoms with van der Waals surface area (Å²) in [5, 5.41) is 0. The van der Waals surface area contributed by atoms with Crippen molar-refractivity contribution in [3.8, 4) is 0 Å². The summed E-state index contributed by atoms with van der Waals surface area (Å²) in [6.07, 6.45) is 0.760. The minimum absolute atomic E-state index is 0.0318. The van der Waals surface area contributed by atoms with E-state index in [9.17, 15) is 33.6 Å². The third kappa shape index (κ3) is 21.1. The number of rotatable bonds is 32. The van der Waals surface area contributed by atoms with Gasteiger partial charge < -0.3 is 62.4 Å². The first-order valence-electron chi connectivity index (χ1n) is 34.0. The van der Waals surface area contributed by atoms with Crippen LogP contribution in [0, 0.1) is 23.7 Å². The molecule has 0 aromatic heterocycles. The molecule has 23 nitrogen and oxygen atoms in total. The largest absolute Gasteiger partial charge is 0.458 e. The van der Waals surface area contributed by atoms with Crippen molar-refractivity contribution in [1.82, 2.24) is 19.6 Å². The van der Waals surface area contributed by atoms with Gasteiger partial charge in [0.25, 0.3) is 17.7 Å². The molecule has 8 atom stereocenters. The third-order valence-corrected chi connectivity index (χ3v) is 18.7. The van der Waals surface area contributed by atoms with Crippen LogP contribution in [0.15, 0.2) is 78.9 Å². The van der Waals surface area contributed by atoms with E-state index in [0.29, 0.717) is 70.2 Å². The molecule has 0 unspecified atom stereocenters. The predicted molar refractivity (Wildman–Crippen MR) is 350 cm³/mol. The van der Waals surface area contributed by atoms with Crippen LogP contribution in [0.1, 0.15) is 128 Å². The first-order chi connectivity index (χ1) is 45.4. The fraction of sp³-hybridized carbons (Fsp3) is 0.625. The second kappa shape index (κ2) is 32.8. The number of carbonyl (C=O) groups excluding carboxylic acids is 9. The second-order valence-electron chi connectivity index (χ2n) is 27.8. The van der Waals surface area contributed by atoms with Crippen molar-refractivity contribution in [2.45, 2.75) is 185 Å². The number of amides is 4. The highest BCUT2D eigenvalue weighted by atomic mass is 16.6. The van der Waals surface area contributed by atoms with Crippen LogP contribution in [-0.2, 0) is 95.7 Å². The fourth-order valence-corrected chi connectivity index (χ4v) is 12.0. The highest BCUT2D eigenvalue weighted by Crippen LogP contribution is 2.39. The summed E-state index contributed by atoms with van der Waals surface area (Å²) in [4.78, 5) is 139. The van der Waals surface area contributed by atoms with Crippen molar-refractivity contribution >= 4 is 65.0 Å². The highest BCUT2D eigenvalue weighted by Gasteiger charge is 2.45. The minimum Gasteiger partial charge on any atom is -0.458 e. The Morgan fingerprint density at radius 2 is 0.789 bits per heavy atom. The van der Waals surface area contributed by atoms with Crippen LogP contribution in [-0.4, -0.2) is 208 Å². The summed E-state index contributed by atoms with van der Waals surface area (Å²) in [5.74, 6) is -5.93. The van der Waals surface area contributed by atoms with Crippen molar-refractivity contribution in [3.05, 3.63) is 95.6 Å². The van der Waals surface area contributed by atoms with Crippen LogP contribution < -0.4 is 9.80 Å². The molecule has 4 amide bonds. The van der Waals surface area contributed by atoms with Gasteiger partial charge in [0.15, 0.2) is 24.4 Å².